The number of nitrogens with zero attached hydrogens (tertiary/aromatic N) is 6. The van der Waals surface area contributed by atoms with Crippen molar-refractivity contribution >= 4 is 12.0 Å². The van der Waals surface area contributed by atoms with E-state index in [1.54, 1.807) is 22.0 Å². The lowest BCUT2D eigenvalue weighted by Crippen LogP contribution is -2.47. The number of anilines is 1. The number of carbonyl (C=O) groups is 1. The molecule has 2 aromatic rings. The number of ether oxygens (including phenoxy) is 1. The molecule has 0 aliphatic carbocycles. The normalized spacial score (nSPS) is 20.1. The van der Waals surface area contributed by atoms with E-state index < -0.39 is 0 Å². The molecule has 4 heterocycles. The third-order valence-corrected chi connectivity index (χ3v) is 4.94. The summed E-state index contributed by atoms with van der Waals surface area (Å²) >= 11 is 0. The highest BCUT2D eigenvalue weighted by Gasteiger charge is 2.27. The average molecular weight is 371 g/mol. The maximum atomic E-state index is 12.5. The van der Waals surface area contributed by atoms with E-state index in [0.29, 0.717) is 26.2 Å². The van der Waals surface area contributed by atoms with Crippen LogP contribution in [0.1, 0.15) is 30.2 Å². The van der Waals surface area contributed by atoms with Crippen LogP contribution >= 0.6 is 0 Å². The molecule has 0 saturated carbocycles. The van der Waals surface area contributed by atoms with E-state index in [-0.39, 0.29) is 12.1 Å². The van der Waals surface area contributed by atoms with E-state index in [1.807, 2.05) is 19.3 Å². The third kappa shape index (κ3) is 4.19. The Hall–Kier alpha value is -2.68. The fourth-order valence-electron chi connectivity index (χ4n) is 3.48. The van der Waals surface area contributed by atoms with Crippen LogP contribution in [0.4, 0.5) is 10.7 Å². The van der Waals surface area contributed by atoms with Crippen LogP contribution < -0.4 is 10.2 Å². The molecule has 1 atom stereocenters. The molecule has 2 aliphatic rings. The average Bonchev–Trinajstić information content (AvgIpc) is 3.38. The summed E-state index contributed by atoms with van der Waals surface area (Å²) in [6.07, 6.45) is 7.55. The second-order valence-electron chi connectivity index (χ2n) is 6.96. The lowest BCUT2D eigenvalue weighted by Gasteiger charge is -2.32. The Balaban J connectivity index is 1.37. The first-order valence-corrected chi connectivity index (χ1v) is 9.39. The SMILES string of the molecule is Cn1cc(CNC(=O)N2CCOC(c3ccnc(N4CCCC4)n3)C2)cn1. The number of hydrogen-bond donors (Lipinski definition) is 1. The molecular formula is C18H25N7O2. The molecule has 2 saturated heterocycles. The Kier molecular flexibility index (Phi) is 5.19. The summed E-state index contributed by atoms with van der Waals surface area (Å²) in [5, 5.41) is 7.06. The zero-order valence-electron chi connectivity index (χ0n) is 15.5. The van der Waals surface area contributed by atoms with Crippen LogP contribution in [0.2, 0.25) is 0 Å². The van der Waals surface area contributed by atoms with Gasteiger partial charge in [0, 0.05) is 51.2 Å². The number of carbonyl (C=O) groups excluding carboxylic acids is 1. The summed E-state index contributed by atoms with van der Waals surface area (Å²) in [5.41, 5.74) is 1.80. The van der Waals surface area contributed by atoms with Crippen molar-refractivity contribution in [2.75, 3.05) is 37.7 Å². The summed E-state index contributed by atoms with van der Waals surface area (Å²) in [5.74, 6) is 0.756. The largest absolute Gasteiger partial charge is 0.368 e. The molecule has 0 aromatic carbocycles. The highest BCUT2D eigenvalue weighted by Crippen LogP contribution is 2.23. The van der Waals surface area contributed by atoms with E-state index in [1.165, 1.54) is 12.8 Å². The topological polar surface area (TPSA) is 88.4 Å². The molecule has 9 nitrogen and oxygen atoms in total. The molecule has 27 heavy (non-hydrogen) atoms. The van der Waals surface area contributed by atoms with Gasteiger partial charge in [0.15, 0.2) is 0 Å². The quantitative estimate of drug-likeness (QED) is 0.866. The van der Waals surface area contributed by atoms with Crippen LogP contribution in [0.25, 0.3) is 0 Å². The molecule has 0 radical (unpaired) electrons. The van der Waals surface area contributed by atoms with Crippen molar-refractivity contribution < 1.29 is 9.53 Å². The second-order valence-corrected chi connectivity index (χ2v) is 6.96. The number of aromatic nitrogens is 4. The summed E-state index contributed by atoms with van der Waals surface area (Å²) in [7, 11) is 1.86. The molecular weight excluding hydrogens is 346 g/mol. The van der Waals surface area contributed by atoms with Gasteiger partial charge in [0.1, 0.15) is 6.10 Å². The molecule has 1 N–H and O–H groups in total. The van der Waals surface area contributed by atoms with Gasteiger partial charge in [0.2, 0.25) is 5.95 Å². The molecule has 2 amide bonds. The van der Waals surface area contributed by atoms with Gasteiger partial charge in [-0.05, 0) is 18.9 Å². The van der Waals surface area contributed by atoms with E-state index in [9.17, 15) is 4.79 Å². The Bertz CT molecular complexity index is 788. The number of morpholine rings is 1. The molecule has 0 bridgehead atoms. The van der Waals surface area contributed by atoms with Crippen molar-refractivity contribution in [1.29, 1.82) is 0 Å². The Morgan fingerprint density at radius 2 is 2.19 bits per heavy atom. The van der Waals surface area contributed by atoms with Gasteiger partial charge in [-0.1, -0.05) is 0 Å². The lowest BCUT2D eigenvalue weighted by atomic mass is 10.2. The molecule has 1 unspecified atom stereocenters. The van der Waals surface area contributed by atoms with Crippen LogP contribution in [0.3, 0.4) is 0 Å². The maximum absolute atomic E-state index is 12.5. The van der Waals surface area contributed by atoms with E-state index >= 15 is 0 Å². The van der Waals surface area contributed by atoms with Crippen molar-refractivity contribution in [2.24, 2.45) is 7.05 Å². The molecule has 144 valence electrons. The first-order chi connectivity index (χ1) is 13.2. The number of hydrogen-bond acceptors (Lipinski definition) is 6. The number of nitrogens with one attached hydrogen (secondary N) is 1. The van der Waals surface area contributed by atoms with E-state index in [4.69, 9.17) is 4.74 Å². The lowest BCUT2D eigenvalue weighted by molar-refractivity contribution is -0.0176. The molecule has 2 aliphatic heterocycles. The summed E-state index contributed by atoms with van der Waals surface area (Å²) in [6, 6.07) is 1.78. The summed E-state index contributed by atoms with van der Waals surface area (Å²) in [4.78, 5) is 25.6. The number of rotatable bonds is 4. The van der Waals surface area contributed by atoms with Gasteiger partial charge in [-0.25, -0.2) is 14.8 Å². The van der Waals surface area contributed by atoms with Gasteiger partial charge in [-0.2, -0.15) is 5.10 Å². The van der Waals surface area contributed by atoms with Crippen LogP contribution in [-0.2, 0) is 18.3 Å². The number of urea groups is 1. The Morgan fingerprint density at radius 3 is 2.96 bits per heavy atom. The van der Waals surface area contributed by atoms with Gasteiger partial charge in [0.25, 0.3) is 0 Å². The zero-order valence-corrected chi connectivity index (χ0v) is 15.5. The summed E-state index contributed by atoms with van der Waals surface area (Å²) < 4.78 is 7.61. The summed E-state index contributed by atoms with van der Waals surface area (Å²) in [6.45, 7) is 4.00. The maximum Gasteiger partial charge on any atom is 0.317 e. The monoisotopic (exact) mass is 371 g/mol. The highest BCUT2D eigenvalue weighted by atomic mass is 16.5. The fourth-order valence-corrected chi connectivity index (χ4v) is 3.48. The van der Waals surface area contributed by atoms with E-state index in [2.05, 4.69) is 25.3 Å². The minimum Gasteiger partial charge on any atom is -0.368 e. The van der Waals surface area contributed by atoms with Crippen molar-refractivity contribution in [3.63, 3.8) is 0 Å². The van der Waals surface area contributed by atoms with Crippen molar-refractivity contribution in [3.8, 4) is 0 Å². The minimum absolute atomic E-state index is 0.0963. The molecule has 9 heteroatoms. The van der Waals surface area contributed by atoms with Gasteiger partial charge in [-0.15, -0.1) is 0 Å². The first kappa shape index (κ1) is 17.7. The van der Waals surface area contributed by atoms with Crippen LogP contribution in [0.5, 0.6) is 0 Å². The highest BCUT2D eigenvalue weighted by molar-refractivity contribution is 5.74. The number of aryl methyl sites for hydroxylation is 1. The van der Waals surface area contributed by atoms with Gasteiger partial charge in [0.05, 0.1) is 25.0 Å². The predicted molar refractivity (Wildman–Crippen MR) is 99.2 cm³/mol. The molecule has 2 fully saturated rings. The first-order valence-electron chi connectivity index (χ1n) is 9.39. The van der Waals surface area contributed by atoms with Crippen molar-refractivity contribution in [1.82, 2.24) is 30.0 Å². The van der Waals surface area contributed by atoms with Crippen molar-refractivity contribution in [2.45, 2.75) is 25.5 Å². The second kappa shape index (κ2) is 7.91. The number of amides is 2. The standard InChI is InChI=1S/C18H25N7O2/c1-23-12-14(11-21-23)10-20-18(26)25-8-9-27-16(13-25)15-4-5-19-17(22-15)24-6-2-3-7-24/h4-5,11-12,16H,2-3,6-10,13H2,1H3,(H,20,26). The smallest absolute Gasteiger partial charge is 0.317 e. The predicted octanol–water partition coefficient (Wildman–Crippen LogP) is 1.09. The third-order valence-electron chi connectivity index (χ3n) is 4.94. The van der Waals surface area contributed by atoms with Crippen LogP contribution in [-0.4, -0.2) is 63.5 Å². The van der Waals surface area contributed by atoms with Crippen molar-refractivity contribution in [3.05, 3.63) is 35.9 Å². The van der Waals surface area contributed by atoms with Gasteiger partial charge in [-0.3, -0.25) is 4.68 Å². The van der Waals surface area contributed by atoms with E-state index in [0.717, 1.165) is 30.3 Å². The van der Waals surface area contributed by atoms with Crippen LogP contribution in [0, 0.1) is 0 Å². The molecule has 4 rings (SSSR count). The fraction of sp³-hybridized carbons (Fsp3) is 0.556. The molecule has 0 spiro atoms. The Morgan fingerprint density at radius 1 is 1.33 bits per heavy atom. The molecule has 2 aromatic heterocycles. The minimum atomic E-state index is -0.229. The Labute approximate surface area is 158 Å². The van der Waals surface area contributed by atoms with Crippen LogP contribution in [0.15, 0.2) is 24.7 Å². The van der Waals surface area contributed by atoms with Gasteiger partial charge >= 0.3 is 6.03 Å². The zero-order chi connectivity index (χ0) is 18.6. The van der Waals surface area contributed by atoms with Gasteiger partial charge < -0.3 is 19.9 Å².